The van der Waals surface area contributed by atoms with E-state index in [1.807, 2.05) is 23.1 Å². The molecular weight excluding hydrogens is 496 g/mol. The minimum atomic E-state index is -0.480. The number of aromatic nitrogens is 4. The third-order valence-corrected chi connectivity index (χ3v) is 6.60. The molecule has 5 rings (SSSR count). The molecule has 1 aromatic heterocycles. The molecule has 180 valence electrons. The average molecular weight is 527 g/mol. The van der Waals surface area contributed by atoms with Crippen molar-refractivity contribution in [1.82, 2.24) is 25.5 Å². The number of unbranched alkanes of at least 4 members (excludes halogenated alkanes) is 1. The van der Waals surface area contributed by atoms with Gasteiger partial charge in [-0.2, -0.15) is 5.21 Å². The highest BCUT2D eigenvalue weighted by molar-refractivity contribution is 8.93. The van der Waals surface area contributed by atoms with Crippen molar-refractivity contribution in [3.05, 3.63) is 54.1 Å². The fraction of sp³-hybridized carbons (Fsp3) is 0.400. The number of benzene rings is 2. The van der Waals surface area contributed by atoms with Crippen LogP contribution in [0.5, 0.6) is 0 Å². The van der Waals surface area contributed by atoms with Crippen LogP contribution in [-0.2, 0) is 11.3 Å². The maximum atomic E-state index is 13.4. The molecule has 0 radical (unpaired) electrons. The van der Waals surface area contributed by atoms with E-state index in [9.17, 15) is 4.79 Å². The van der Waals surface area contributed by atoms with Crippen LogP contribution in [0.2, 0.25) is 0 Å². The minimum absolute atomic E-state index is 0. The minimum Gasteiger partial charge on any atom is -0.412 e. The highest BCUT2D eigenvalue weighted by Crippen LogP contribution is 2.40. The number of carbonyl (C=O) groups is 1. The third kappa shape index (κ3) is 4.81. The molecule has 1 saturated carbocycles. The second-order valence-electron chi connectivity index (χ2n) is 8.74. The summed E-state index contributed by atoms with van der Waals surface area (Å²) >= 11 is 0. The predicted octanol–water partition coefficient (Wildman–Crippen LogP) is 4.53. The molecule has 1 aliphatic heterocycles. The number of aliphatic imine (C=N–C) groups is 1. The van der Waals surface area contributed by atoms with Crippen molar-refractivity contribution in [2.45, 2.75) is 64.0 Å². The quantitative estimate of drug-likeness (QED) is 0.486. The highest BCUT2D eigenvalue weighted by atomic mass is 79.9. The van der Waals surface area contributed by atoms with Crippen LogP contribution in [0, 0.1) is 0 Å². The summed E-state index contributed by atoms with van der Waals surface area (Å²) in [4.78, 5) is 20.3. The number of tetrazole rings is 1. The van der Waals surface area contributed by atoms with Gasteiger partial charge in [0.05, 0.1) is 6.54 Å². The maximum Gasteiger partial charge on any atom is 0.256 e. The number of carbonyl (C=O) groups excluding carboxylic acids is 1. The van der Waals surface area contributed by atoms with Crippen LogP contribution in [0.3, 0.4) is 0 Å². The Kier molecular flexibility index (Phi) is 8.33. The first kappa shape index (κ1) is 25.7. The molecule has 3 N–H and O–H groups in total. The second kappa shape index (κ2) is 11.0. The molecule has 1 fully saturated rings. The Bertz CT molecular complexity index is 1120. The Hall–Kier alpha value is -2.91. The summed E-state index contributed by atoms with van der Waals surface area (Å²) in [7, 11) is 0. The summed E-state index contributed by atoms with van der Waals surface area (Å²) in [5, 5.41) is 14.5. The number of rotatable bonds is 7. The van der Waals surface area contributed by atoms with Gasteiger partial charge in [-0.3, -0.25) is 14.7 Å². The molecule has 8 nitrogen and oxygen atoms in total. The van der Waals surface area contributed by atoms with Crippen LogP contribution in [0.15, 0.2) is 53.5 Å². The lowest BCUT2D eigenvalue weighted by molar-refractivity contribution is -0.131. The van der Waals surface area contributed by atoms with Gasteiger partial charge in [-0.1, -0.05) is 74.7 Å². The zero-order chi connectivity index (χ0) is 22.0. The number of hydrogen-bond donors (Lipinski definition) is 1. The van der Waals surface area contributed by atoms with Gasteiger partial charge in [0.2, 0.25) is 5.82 Å². The number of amides is 1. The zero-order valence-electron chi connectivity index (χ0n) is 19.3. The molecule has 3 aromatic rings. The van der Waals surface area contributed by atoms with Gasteiger partial charge in [0.1, 0.15) is 11.4 Å². The van der Waals surface area contributed by atoms with E-state index in [0.29, 0.717) is 12.4 Å². The Morgan fingerprint density at radius 3 is 2.38 bits per heavy atom. The van der Waals surface area contributed by atoms with Gasteiger partial charge in [-0.05, 0) is 41.2 Å². The van der Waals surface area contributed by atoms with Crippen LogP contribution < -0.4 is 0 Å². The molecule has 0 unspecified atom stereocenters. The highest BCUT2D eigenvalue weighted by Gasteiger charge is 2.49. The van der Waals surface area contributed by atoms with Crippen molar-refractivity contribution >= 4 is 28.7 Å². The molecule has 2 aromatic carbocycles. The fourth-order valence-electron chi connectivity index (χ4n) is 4.88. The Morgan fingerprint density at radius 2 is 1.74 bits per heavy atom. The topological polar surface area (TPSA) is 119 Å². The summed E-state index contributed by atoms with van der Waals surface area (Å²) in [5.74, 6) is 1.75. The van der Waals surface area contributed by atoms with Crippen LogP contribution in [-0.4, -0.2) is 48.3 Å². The van der Waals surface area contributed by atoms with Crippen LogP contribution in [0.25, 0.3) is 22.5 Å². The second-order valence-corrected chi connectivity index (χ2v) is 8.74. The molecule has 1 amide bonds. The molecular formula is C25H31BrN6O2. The van der Waals surface area contributed by atoms with Crippen LogP contribution in [0.4, 0.5) is 0 Å². The number of H-pyrrole nitrogens is 1. The number of aromatic amines is 1. The summed E-state index contributed by atoms with van der Waals surface area (Å²) in [6, 6.07) is 16.4. The smallest absolute Gasteiger partial charge is 0.256 e. The lowest BCUT2D eigenvalue weighted by Crippen LogP contribution is -2.40. The molecule has 0 atom stereocenters. The van der Waals surface area contributed by atoms with Crippen molar-refractivity contribution in [3.63, 3.8) is 0 Å². The standard InChI is InChI=1S/C25H28N6O.BrH.H2O/c1-2-3-10-22-26-25(15-6-7-16-25)24(32)31(22)17-18-11-13-19(14-12-18)20-8-4-5-9-21(20)23-27-29-30-28-23;;/h4-5,8-9,11-14H,2-3,6-7,10,15-17H2,1H3,(H,27,28,29,30);1H;1H2. The summed E-state index contributed by atoms with van der Waals surface area (Å²) in [5.41, 5.74) is 3.69. The van der Waals surface area contributed by atoms with E-state index in [2.05, 4.69) is 57.9 Å². The summed E-state index contributed by atoms with van der Waals surface area (Å²) in [6.45, 7) is 2.76. The number of hydrogen-bond acceptors (Lipinski definition) is 5. The Morgan fingerprint density at radius 1 is 1.03 bits per heavy atom. The van der Waals surface area contributed by atoms with E-state index < -0.39 is 5.54 Å². The number of nitrogens with one attached hydrogen (secondary N) is 1. The normalized spacial score (nSPS) is 16.3. The van der Waals surface area contributed by atoms with E-state index in [1.54, 1.807) is 0 Å². The fourth-order valence-corrected chi connectivity index (χ4v) is 4.88. The molecule has 0 saturated heterocycles. The van der Waals surface area contributed by atoms with Crippen molar-refractivity contribution in [2.24, 2.45) is 4.99 Å². The molecule has 1 spiro atoms. The average Bonchev–Trinajstić information content (AvgIpc) is 3.58. The molecule has 2 aliphatic rings. The molecule has 0 bridgehead atoms. The van der Waals surface area contributed by atoms with Crippen LogP contribution >= 0.6 is 17.0 Å². The SMILES string of the molecule is Br.CCCCC1=NC2(CCCC2)C(=O)N1Cc1ccc(-c2ccccc2-c2nn[nH]n2)cc1.O. The molecule has 9 heteroatoms. The Balaban J connectivity index is 0.00000162. The van der Waals surface area contributed by atoms with Crippen LogP contribution in [0.1, 0.15) is 57.4 Å². The zero-order valence-corrected chi connectivity index (χ0v) is 21.0. The number of halogens is 1. The lowest BCUT2D eigenvalue weighted by Gasteiger charge is -2.23. The summed E-state index contributed by atoms with van der Waals surface area (Å²) in [6.07, 6.45) is 7.01. The van der Waals surface area contributed by atoms with Gasteiger partial charge in [-0.15, -0.1) is 27.2 Å². The monoisotopic (exact) mass is 526 g/mol. The van der Waals surface area contributed by atoms with E-state index in [-0.39, 0.29) is 28.4 Å². The van der Waals surface area contributed by atoms with Gasteiger partial charge >= 0.3 is 0 Å². The van der Waals surface area contributed by atoms with Gasteiger partial charge < -0.3 is 5.48 Å². The van der Waals surface area contributed by atoms with E-state index in [1.165, 1.54) is 0 Å². The first-order valence-corrected chi connectivity index (χ1v) is 11.5. The van der Waals surface area contributed by atoms with Gasteiger partial charge in [-0.25, -0.2) is 0 Å². The van der Waals surface area contributed by atoms with Gasteiger partial charge in [0.15, 0.2) is 0 Å². The molecule has 1 aliphatic carbocycles. The number of nitrogens with zero attached hydrogens (tertiary/aromatic N) is 5. The summed E-state index contributed by atoms with van der Waals surface area (Å²) < 4.78 is 0. The van der Waals surface area contributed by atoms with Crippen molar-refractivity contribution < 1.29 is 10.3 Å². The van der Waals surface area contributed by atoms with E-state index in [0.717, 1.165) is 73.0 Å². The molecule has 34 heavy (non-hydrogen) atoms. The first-order valence-electron chi connectivity index (χ1n) is 11.5. The van der Waals surface area contributed by atoms with Gasteiger partial charge in [0.25, 0.3) is 5.91 Å². The van der Waals surface area contributed by atoms with Crippen molar-refractivity contribution in [1.29, 1.82) is 0 Å². The van der Waals surface area contributed by atoms with Crippen molar-refractivity contribution in [3.8, 4) is 22.5 Å². The maximum absolute atomic E-state index is 13.4. The first-order chi connectivity index (χ1) is 15.7. The number of amidine groups is 1. The predicted molar refractivity (Wildman–Crippen MR) is 138 cm³/mol. The van der Waals surface area contributed by atoms with E-state index in [4.69, 9.17) is 4.99 Å². The van der Waals surface area contributed by atoms with Gasteiger partial charge in [0, 0.05) is 12.0 Å². The third-order valence-electron chi connectivity index (χ3n) is 6.60. The Labute approximate surface area is 209 Å². The lowest BCUT2D eigenvalue weighted by atomic mass is 9.97. The largest absolute Gasteiger partial charge is 0.412 e. The van der Waals surface area contributed by atoms with E-state index >= 15 is 0 Å². The van der Waals surface area contributed by atoms with Crippen molar-refractivity contribution in [2.75, 3.05) is 0 Å². The molecule has 2 heterocycles.